The van der Waals surface area contributed by atoms with E-state index in [9.17, 15) is 9.90 Å². The number of benzene rings is 2. The molecule has 1 heterocycles. The molecule has 3 rings (SSSR count). The first-order chi connectivity index (χ1) is 12.3. The Balaban J connectivity index is 1.57. The van der Waals surface area contributed by atoms with Gasteiger partial charge < -0.3 is 19.9 Å². The largest absolute Gasteiger partial charge is 0.493 e. The molecule has 0 fully saturated rings. The van der Waals surface area contributed by atoms with Gasteiger partial charge in [-0.1, -0.05) is 17.7 Å². The van der Waals surface area contributed by atoms with E-state index < -0.39 is 11.7 Å². The quantitative estimate of drug-likeness (QED) is 0.813. The molecule has 2 aromatic rings. The van der Waals surface area contributed by atoms with Crippen molar-refractivity contribution in [3.63, 3.8) is 0 Å². The van der Waals surface area contributed by atoms with E-state index in [1.165, 1.54) is 0 Å². The van der Waals surface area contributed by atoms with Gasteiger partial charge in [0.2, 0.25) is 0 Å². The monoisotopic (exact) mass is 375 g/mol. The molecule has 1 aliphatic heterocycles. The van der Waals surface area contributed by atoms with Gasteiger partial charge in [0.05, 0.1) is 12.7 Å². The van der Waals surface area contributed by atoms with Crippen LogP contribution in [0.5, 0.6) is 11.5 Å². The number of hydrogen-bond donors (Lipinski definition) is 2. The van der Waals surface area contributed by atoms with Crippen LogP contribution in [0.4, 0.5) is 0 Å². The van der Waals surface area contributed by atoms with Gasteiger partial charge in [0.15, 0.2) is 5.60 Å². The second-order valence-electron chi connectivity index (χ2n) is 6.76. The van der Waals surface area contributed by atoms with Crippen LogP contribution in [-0.2, 0) is 11.2 Å². The van der Waals surface area contributed by atoms with Crippen molar-refractivity contribution in [2.24, 2.45) is 0 Å². The Labute approximate surface area is 157 Å². The number of ether oxygens (including phenoxy) is 2. The molecule has 0 aliphatic carbocycles. The average molecular weight is 376 g/mol. The maximum absolute atomic E-state index is 12.5. The summed E-state index contributed by atoms with van der Waals surface area (Å²) >= 11 is 5.85. The van der Waals surface area contributed by atoms with Gasteiger partial charge in [-0.3, -0.25) is 4.79 Å². The summed E-state index contributed by atoms with van der Waals surface area (Å²) in [5.41, 5.74) is 0.754. The van der Waals surface area contributed by atoms with Crippen molar-refractivity contribution in [3.8, 4) is 11.5 Å². The van der Waals surface area contributed by atoms with E-state index in [4.69, 9.17) is 21.1 Å². The van der Waals surface area contributed by atoms with E-state index in [1.54, 1.807) is 38.1 Å². The van der Waals surface area contributed by atoms with E-state index in [2.05, 4.69) is 5.32 Å². The maximum atomic E-state index is 12.5. The highest BCUT2D eigenvalue weighted by Gasteiger charge is 2.30. The van der Waals surface area contributed by atoms with Crippen LogP contribution in [0.3, 0.4) is 0 Å². The van der Waals surface area contributed by atoms with Gasteiger partial charge in [-0.05, 0) is 61.4 Å². The second kappa shape index (κ2) is 7.56. The fourth-order valence-electron chi connectivity index (χ4n) is 2.78. The number of carbonyl (C=O) groups excluding carboxylic acids is 1. The lowest BCUT2D eigenvalue weighted by Gasteiger charge is -2.26. The predicted molar refractivity (Wildman–Crippen MR) is 99.8 cm³/mol. The normalized spacial score (nSPS) is 14.3. The van der Waals surface area contributed by atoms with E-state index in [0.29, 0.717) is 17.4 Å². The van der Waals surface area contributed by atoms with Gasteiger partial charge in [-0.2, -0.15) is 0 Å². The van der Waals surface area contributed by atoms with Crippen LogP contribution in [0.1, 0.15) is 31.1 Å². The van der Waals surface area contributed by atoms with Crippen molar-refractivity contribution >= 4 is 17.5 Å². The Hall–Kier alpha value is -2.24. The third-order valence-corrected chi connectivity index (χ3v) is 4.54. The van der Waals surface area contributed by atoms with Crippen LogP contribution >= 0.6 is 11.6 Å². The number of aliphatic hydroxyl groups excluding tert-OH is 1. The average Bonchev–Trinajstić information content (AvgIpc) is 3.08. The minimum absolute atomic E-state index is 0.103. The lowest BCUT2D eigenvalue weighted by atomic mass is 10.0. The molecule has 1 unspecified atom stereocenters. The van der Waals surface area contributed by atoms with Gasteiger partial charge >= 0.3 is 0 Å². The van der Waals surface area contributed by atoms with Crippen molar-refractivity contribution in [3.05, 3.63) is 58.6 Å². The first-order valence-corrected chi connectivity index (χ1v) is 8.89. The molecule has 2 aromatic carbocycles. The number of nitrogens with one attached hydrogen (secondary N) is 1. The summed E-state index contributed by atoms with van der Waals surface area (Å²) in [6.45, 7) is 4.12. The number of fused-ring (bicyclic) bond motifs is 1. The first-order valence-electron chi connectivity index (χ1n) is 8.52. The maximum Gasteiger partial charge on any atom is 0.263 e. The fraction of sp³-hybridized carbons (Fsp3) is 0.350. The van der Waals surface area contributed by atoms with Crippen molar-refractivity contribution in [1.82, 2.24) is 5.32 Å². The molecular formula is C20H22ClNO4. The Bertz CT molecular complexity index is 789. The van der Waals surface area contributed by atoms with Crippen molar-refractivity contribution in [2.45, 2.75) is 32.0 Å². The van der Waals surface area contributed by atoms with Crippen LogP contribution in [0.15, 0.2) is 42.5 Å². The predicted octanol–water partition coefficient (Wildman–Crippen LogP) is 3.28. The zero-order valence-electron chi connectivity index (χ0n) is 14.8. The Morgan fingerprint density at radius 2 is 2.04 bits per heavy atom. The molecule has 1 aliphatic rings. The van der Waals surface area contributed by atoms with Crippen LogP contribution < -0.4 is 14.8 Å². The van der Waals surface area contributed by atoms with E-state index in [1.807, 2.05) is 18.2 Å². The van der Waals surface area contributed by atoms with Gasteiger partial charge in [0, 0.05) is 18.0 Å². The van der Waals surface area contributed by atoms with Crippen LogP contribution in [0, 0.1) is 0 Å². The molecule has 5 nitrogen and oxygen atoms in total. The Morgan fingerprint density at radius 1 is 1.31 bits per heavy atom. The molecule has 1 amide bonds. The number of carbonyl (C=O) groups is 1. The van der Waals surface area contributed by atoms with Gasteiger partial charge in [0.25, 0.3) is 5.91 Å². The lowest BCUT2D eigenvalue weighted by Crippen LogP contribution is -2.47. The molecule has 0 saturated carbocycles. The van der Waals surface area contributed by atoms with E-state index >= 15 is 0 Å². The molecule has 138 valence electrons. The third-order valence-electron chi connectivity index (χ3n) is 4.29. The number of hydrogen-bond acceptors (Lipinski definition) is 4. The smallest absolute Gasteiger partial charge is 0.263 e. The first kappa shape index (κ1) is 18.5. The van der Waals surface area contributed by atoms with Crippen molar-refractivity contribution in [1.29, 1.82) is 0 Å². The number of amides is 1. The highest BCUT2D eigenvalue weighted by Crippen LogP contribution is 2.28. The SMILES string of the molecule is CC(C)(Oc1ccc(Cl)cc1)C(=O)NCC(O)c1ccc2c(c1)CCO2. The third kappa shape index (κ3) is 4.29. The molecule has 2 N–H and O–H groups in total. The highest BCUT2D eigenvalue weighted by atomic mass is 35.5. The summed E-state index contributed by atoms with van der Waals surface area (Å²) in [7, 11) is 0. The molecular weight excluding hydrogens is 354 g/mol. The van der Waals surface area contributed by atoms with Crippen LogP contribution in [0.2, 0.25) is 5.02 Å². The van der Waals surface area contributed by atoms with Crippen molar-refractivity contribution < 1.29 is 19.4 Å². The lowest BCUT2D eigenvalue weighted by molar-refractivity contribution is -0.134. The number of rotatable bonds is 6. The van der Waals surface area contributed by atoms with E-state index in [-0.39, 0.29) is 12.5 Å². The standard InChI is InChI=1S/C20H22ClNO4/c1-20(2,26-16-6-4-15(21)5-7-16)19(24)22-12-17(23)13-3-8-18-14(11-13)9-10-25-18/h3-8,11,17,23H,9-10,12H2,1-2H3,(H,22,24). The minimum Gasteiger partial charge on any atom is -0.493 e. The molecule has 0 aromatic heterocycles. The molecule has 1 atom stereocenters. The van der Waals surface area contributed by atoms with Gasteiger partial charge in [-0.25, -0.2) is 0 Å². The van der Waals surface area contributed by atoms with E-state index in [0.717, 1.165) is 23.3 Å². The summed E-state index contributed by atoms with van der Waals surface area (Å²) < 4.78 is 11.2. The molecule has 26 heavy (non-hydrogen) atoms. The summed E-state index contributed by atoms with van der Waals surface area (Å²) in [5.74, 6) is 1.10. The van der Waals surface area contributed by atoms with Gasteiger partial charge in [0.1, 0.15) is 11.5 Å². The number of halogens is 1. The molecule has 0 radical (unpaired) electrons. The molecule has 0 spiro atoms. The van der Waals surface area contributed by atoms with Crippen LogP contribution in [-0.4, -0.2) is 29.8 Å². The van der Waals surface area contributed by atoms with Crippen molar-refractivity contribution in [2.75, 3.05) is 13.2 Å². The zero-order valence-corrected chi connectivity index (χ0v) is 15.5. The zero-order chi connectivity index (χ0) is 18.7. The number of aliphatic hydroxyl groups is 1. The summed E-state index contributed by atoms with van der Waals surface area (Å²) in [6.07, 6.45) is 0.0423. The minimum atomic E-state index is -1.08. The highest BCUT2D eigenvalue weighted by molar-refractivity contribution is 6.30. The molecule has 6 heteroatoms. The summed E-state index contributed by atoms with van der Waals surface area (Å²) in [5, 5.41) is 13.7. The fourth-order valence-corrected chi connectivity index (χ4v) is 2.90. The van der Waals surface area contributed by atoms with Gasteiger partial charge in [-0.15, -0.1) is 0 Å². The summed E-state index contributed by atoms with van der Waals surface area (Å²) in [4.78, 5) is 12.5. The molecule has 0 bridgehead atoms. The topological polar surface area (TPSA) is 67.8 Å². The molecule has 0 saturated heterocycles. The van der Waals surface area contributed by atoms with Crippen LogP contribution in [0.25, 0.3) is 0 Å². The second-order valence-corrected chi connectivity index (χ2v) is 7.19. The Kier molecular flexibility index (Phi) is 5.39. The Morgan fingerprint density at radius 3 is 2.77 bits per heavy atom. The summed E-state index contributed by atoms with van der Waals surface area (Å²) in [6, 6.07) is 12.4.